The van der Waals surface area contributed by atoms with E-state index >= 15 is 0 Å². The first-order valence-electron chi connectivity index (χ1n) is 12.2. The molecule has 174 valence electrons. The zero-order valence-electron chi connectivity index (χ0n) is 19.6. The van der Waals surface area contributed by atoms with Crippen LogP contribution >= 0.6 is 0 Å². The molecule has 0 unspecified atom stereocenters. The Hall–Kier alpha value is -0.806. The van der Waals surface area contributed by atoms with E-state index < -0.39 is 28.0 Å². The molecule has 0 radical (unpaired) electrons. The molecule has 1 rings (SSSR count). The third-order valence-electron chi connectivity index (χ3n) is 5.79. The van der Waals surface area contributed by atoms with Crippen LogP contribution in [0.15, 0.2) is 12.2 Å². The van der Waals surface area contributed by atoms with Gasteiger partial charge in [0.15, 0.2) is 0 Å². The average Bonchev–Trinajstić information content (AvgIpc) is 3.33. The molecule has 0 spiro atoms. The van der Waals surface area contributed by atoms with Crippen molar-refractivity contribution in [3.8, 4) is 0 Å². The molecule has 0 aliphatic carbocycles. The Morgan fingerprint density at radius 1 is 0.800 bits per heavy atom. The van der Waals surface area contributed by atoms with Crippen molar-refractivity contribution in [2.45, 2.75) is 120 Å². The van der Waals surface area contributed by atoms with Gasteiger partial charge in [-0.2, -0.15) is 0 Å². The molecule has 1 aliphatic rings. The molecule has 0 aromatic carbocycles. The van der Waals surface area contributed by atoms with Crippen LogP contribution in [-0.2, 0) is 35.6 Å². The molecule has 0 N–H and O–H groups in total. The Kier molecular flexibility index (Phi) is 12.3. The molecular formula is C24H44O5Ti. The van der Waals surface area contributed by atoms with Gasteiger partial charge in [-0.25, -0.2) is 0 Å². The fourth-order valence-corrected chi connectivity index (χ4v) is 8.59. The van der Waals surface area contributed by atoms with Gasteiger partial charge < -0.3 is 0 Å². The van der Waals surface area contributed by atoms with Crippen LogP contribution in [0.2, 0.25) is 9.45 Å². The van der Waals surface area contributed by atoms with Crippen LogP contribution in [0, 0.1) is 5.92 Å². The summed E-state index contributed by atoms with van der Waals surface area (Å²) in [7, 11) is 0. The van der Waals surface area contributed by atoms with Crippen LogP contribution in [0.1, 0.15) is 111 Å². The predicted octanol–water partition coefficient (Wildman–Crippen LogP) is 7.48. The maximum atomic E-state index is 12.7. The number of unbranched alkanes of at least 4 members (excludes halogenated alkanes) is 11. The molecular weight excluding hydrogens is 416 g/mol. The topological polar surface area (TPSA) is 69.7 Å². The summed E-state index contributed by atoms with van der Waals surface area (Å²) in [5, 5.41) is 0. The average molecular weight is 460 g/mol. The molecule has 30 heavy (non-hydrogen) atoms. The van der Waals surface area contributed by atoms with E-state index in [9.17, 15) is 12.9 Å². The van der Waals surface area contributed by atoms with Crippen molar-refractivity contribution < 1.29 is 35.6 Å². The Bertz CT molecular complexity index is 615. The van der Waals surface area contributed by atoms with Gasteiger partial charge in [0.25, 0.3) is 0 Å². The third kappa shape index (κ3) is 12.1. The van der Waals surface area contributed by atoms with Crippen molar-refractivity contribution in [3.05, 3.63) is 12.2 Å². The van der Waals surface area contributed by atoms with Gasteiger partial charge in [0.2, 0.25) is 0 Å². The van der Waals surface area contributed by atoms with Crippen molar-refractivity contribution in [2.75, 3.05) is 0 Å². The molecule has 0 saturated carbocycles. The van der Waals surface area contributed by atoms with Gasteiger partial charge in [0.05, 0.1) is 0 Å². The number of hydrogen-bond acceptors (Lipinski definition) is 5. The van der Waals surface area contributed by atoms with E-state index in [0.29, 0.717) is 0 Å². The molecule has 1 fully saturated rings. The molecule has 5 nitrogen and oxygen atoms in total. The monoisotopic (exact) mass is 460 g/mol. The first-order valence-corrected chi connectivity index (χ1v) is 16.3. The molecule has 6 heteroatoms. The molecule has 1 aliphatic heterocycles. The van der Waals surface area contributed by atoms with Crippen LogP contribution in [0.3, 0.4) is 0 Å². The third-order valence-corrected chi connectivity index (χ3v) is 10.5. The standard InChI is InChI=1S/C18H36O2.C4H6O2.C2H4.O.Ti/c1-17(2)15-13-11-9-7-5-3-4-6-8-10-12-14-16-18(19)20;1-3(2)4(5)6;1-2;;/h17H,3-16H2,1-2H3,(H,19,20);1H2,2H3,(H,5,6);1-2H2;;/q;;;;+2/p-2. The van der Waals surface area contributed by atoms with E-state index in [1.807, 2.05) is 0 Å². The molecule has 0 atom stereocenters. The van der Waals surface area contributed by atoms with E-state index in [0.717, 1.165) is 25.2 Å². The predicted molar refractivity (Wildman–Crippen MR) is 117 cm³/mol. The van der Waals surface area contributed by atoms with Gasteiger partial charge in [0.1, 0.15) is 0 Å². The van der Waals surface area contributed by atoms with E-state index in [-0.39, 0.29) is 21.4 Å². The Labute approximate surface area is 185 Å². The molecule has 0 aromatic rings. The summed E-state index contributed by atoms with van der Waals surface area (Å²) >= 11 is -4.96. The summed E-state index contributed by atoms with van der Waals surface area (Å²) < 4.78 is 23.4. The summed E-state index contributed by atoms with van der Waals surface area (Å²) in [6.07, 6.45) is 16.4. The zero-order valence-corrected chi connectivity index (χ0v) is 21.2. The quantitative estimate of drug-likeness (QED) is 0.120. The number of hydrogen-bond donors (Lipinski definition) is 0. The maximum absolute atomic E-state index is 12.7. The minimum absolute atomic E-state index is 0.168. The van der Waals surface area contributed by atoms with Crippen LogP contribution in [0.4, 0.5) is 0 Å². The van der Waals surface area contributed by atoms with Crippen LogP contribution in [0.25, 0.3) is 0 Å². The van der Waals surface area contributed by atoms with Gasteiger partial charge >= 0.3 is 140 Å². The second-order valence-corrected chi connectivity index (χ2v) is 16.2. The normalized spacial score (nSPS) is 16.0. The van der Waals surface area contributed by atoms with Gasteiger partial charge in [-0.1, -0.05) is 39.5 Å². The fourth-order valence-electron chi connectivity index (χ4n) is 3.57. The van der Waals surface area contributed by atoms with Gasteiger partial charge in [-0.3, -0.25) is 0 Å². The molecule has 1 heterocycles. The first-order chi connectivity index (χ1) is 14.1. The number of carbonyl (C=O) groups excluding carboxylic acids is 2. The summed E-state index contributed by atoms with van der Waals surface area (Å²) in [4.78, 5) is 23.6. The van der Waals surface area contributed by atoms with Crippen LogP contribution < -0.4 is 0 Å². The van der Waals surface area contributed by atoms with Crippen LogP contribution in [-0.4, -0.2) is 11.9 Å². The first kappa shape index (κ1) is 27.2. The Morgan fingerprint density at radius 2 is 1.23 bits per heavy atom. The van der Waals surface area contributed by atoms with E-state index in [2.05, 4.69) is 20.4 Å². The molecule has 0 amide bonds. The van der Waals surface area contributed by atoms with Crippen molar-refractivity contribution in [2.24, 2.45) is 5.92 Å². The summed E-state index contributed by atoms with van der Waals surface area (Å²) in [5.41, 5.74) is 0.168. The van der Waals surface area contributed by atoms with Gasteiger partial charge in [0, 0.05) is 0 Å². The second kappa shape index (κ2) is 13.6. The summed E-state index contributed by atoms with van der Waals surface area (Å²) in [5.74, 6) is -0.386. The van der Waals surface area contributed by atoms with Crippen molar-refractivity contribution >= 4 is 11.9 Å². The second-order valence-electron chi connectivity index (χ2n) is 9.69. The van der Waals surface area contributed by atoms with E-state index in [4.69, 9.17) is 6.64 Å². The molecule has 0 bridgehead atoms. The van der Waals surface area contributed by atoms with Crippen LogP contribution in [0.5, 0.6) is 0 Å². The number of rotatable bonds is 18. The summed E-state index contributed by atoms with van der Waals surface area (Å²) in [6, 6.07) is 0. The summed E-state index contributed by atoms with van der Waals surface area (Å²) in [6.45, 7) is 9.55. The van der Waals surface area contributed by atoms with E-state index in [1.54, 1.807) is 0 Å². The Balaban J connectivity index is 1.95. The van der Waals surface area contributed by atoms with Crippen molar-refractivity contribution in [1.82, 2.24) is 0 Å². The van der Waals surface area contributed by atoms with Crippen molar-refractivity contribution in [1.29, 1.82) is 0 Å². The SMILES string of the molecule is C=C(C)C(=O)[O][Ti]1(=[O])([O]C(=O)CCCCCCCCCCCCCCC(C)C)[CH2][CH2]1. The van der Waals surface area contributed by atoms with Gasteiger partial charge in [-0.15, -0.1) is 0 Å². The minimum atomic E-state index is -4.96. The number of carbonyl (C=O) groups is 2. The molecule has 1 saturated heterocycles. The molecule has 0 aromatic heterocycles. The van der Waals surface area contributed by atoms with Gasteiger partial charge in [-0.05, 0) is 5.92 Å². The Morgan fingerprint density at radius 3 is 1.63 bits per heavy atom. The zero-order chi connectivity index (χ0) is 22.5. The fraction of sp³-hybridized carbons (Fsp3) is 0.833. The van der Waals surface area contributed by atoms with E-state index in [1.165, 1.54) is 71.1 Å². The van der Waals surface area contributed by atoms with Crippen molar-refractivity contribution in [3.63, 3.8) is 0 Å².